The van der Waals surface area contributed by atoms with Crippen molar-refractivity contribution in [1.82, 2.24) is 0 Å². The van der Waals surface area contributed by atoms with Crippen molar-refractivity contribution in [1.29, 1.82) is 0 Å². The molecule has 0 spiro atoms. The Morgan fingerprint density at radius 3 is 3.00 bits per heavy atom. The molecule has 2 unspecified atom stereocenters. The molecule has 0 aliphatic heterocycles. The molecule has 2 atom stereocenters. The zero-order valence-electron chi connectivity index (χ0n) is 7.15. The third-order valence-corrected chi connectivity index (χ3v) is 3.51. The summed E-state index contributed by atoms with van der Waals surface area (Å²) in [5, 5.41) is 22.6. The van der Waals surface area contributed by atoms with Gasteiger partial charge in [-0.05, 0) is 22.7 Å². The van der Waals surface area contributed by atoms with Crippen LogP contribution in [0.3, 0.4) is 0 Å². The Hall–Kier alpha value is -0.870. The van der Waals surface area contributed by atoms with Crippen molar-refractivity contribution in [2.24, 2.45) is 5.92 Å². The molecule has 1 heterocycles. The number of aliphatic carboxylic acids is 1. The molecule has 0 fully saturated rings. The normalized spacial score (nSPS) is 31.7. The monoisotopic (exact) mass is 198 g/mol. The minimum absolute atomic E-state index is 0.233. The highest BCUT2D eigenvalue weighted by molar-refractivity contribution is 7.08. The van der Waals surface area contributed by atoms with Gasteiger partial charge in [0.05, 0.1) is 0 Å². The third-order valence-electron chi connectivity index (χ3n) is 2.72. The Kier molecular flexibility index (Phi) is 1.72. The average molecular weight is 198 g/mol. The fourth-order valence-corrected chi connectivity index (χ4v) is 2.81. The smallest absolute Gasteiger partial charge is 0.340 e. The molecule has 1 aromatic heterocycles. The summed E-state index contributed by atoms with van der Waals surface area (Å²) in [7, 11) is 0. The maximum absolute atomic E-state index is 10.9. The highest BCUT2D eigenvalue weighted by Crippen LogP contribution is 2.43. The number of hydrogen-bond donors (Lipinski definition) is 2. The van der Waals surface area contributed by atoms with Gasteiger partial charge < -0.3 is 10.2 Å². The summed E-state index contributed by atoms with van der Waals surface area (Å²) in [5.41, 5.74) is -0.102. The van der Waals surface area contributed by atoms with E-state index in [0.29, 0.717) is 12.0 Å². The van der Waals surface area contributed by atoms with E-state index in [9.17, 15) is 9.90 Å². The topological polar surface area (TPSA) is 57.5 Å². The number of rotatable bonds is 1. The standard InChI is InChI=1S/C9H10O3S/c1-5-2-6-3-13-4-7(6)9(5,12)8(10)11/h3-5,12H,2H2,1H3,(H,10,11). The summed E-state index contributed by atoms with van der Waals surface area (Å²) in [6.45, 7) is 1.76. The van der Waals surface area contributed by atoms with E-state index in [0.717, 1.165) is 5.56 Å². The zero-order valence-corrected chi connectivity index (χ0v) is 7.97. The van der Waals surface area contributed by atoms with Crippen LogP contribution in [0.4, 0.5) is 0 Å². The predicted molar refractivity (Wildman–Crippen MR) is 48.7 cm³/mol. The second kappa shape index (κ2) is 2.56. The van der Waals surface area contributed by atoms with E-state index in [1.54, 1.807) is 12.3 Å². The van der Waals surface area contributed by atoms with Crippen LogP contribution >= 0.6 is 11.3 Å². The van der Waals surface area contributed by atoms with Gasteiger partial charge >= 0.3 is 5.97 Å². The first-order valence-corrected chi connectivity index (χ1v) is 5.02. The first-order chi connectivity index (χ1) is 6.06. The summed E-state index contributed by atoms with van der Waals surface area (Å²) < 4.78 is 0. The van der Waals surface area contributed by atoms with Crippen LogP contribution in [-0.2, 0) is 16.8 Å². The predicted octanol–water partition coefficient (Wildman–Crippen LogP) is 1.21. The summed E-state index contributed by atoms with van der Waals surface area (Å²) in [6, 6.07) is 0. The van der Waals surface area contributed by atoms with Gasteiger partial charge in [0, 0.05) is 11.5 Å². The van der Waals surface area contributed by atoms with Gasteiger partial charge in [0.25, 0.3) is 0 Å². The first-order valence-electron chi connectivity index (χ1n) is 4.08. The number of carbonyl (C=O) groups is 1. The lowest BCUT2D eigenvalue weighted by molar-refractivity contribution is -0.164. The Morgan fingerprint density at radius 2 is 2.38 bits per heavy atom. The molecule has 2 rings (SSSR count). The lowest BCUT2D eigenvalue weighted by atomic mass is 9.90. The molecule has 70 valence electrons. The third kappa shape index (κ3) is 0.957. The highest BCUT2D eigenvalue weighted by Gasteiger charge is 2.49. The number of hydrogen-bond acceptors (Lipinski definition) is 3. The molecular weight excluding hydrogens is 188 g/mol. The van der Waals surface area contributed by atoms with Crippen LogP contribution < -0.4 is 0 Å². The summed E-state index contributed by atoms with van der Waals surface area (Å²) >= 11 is 1.44. The van der Waals surface area contributed by atoms with E-state index in [1.807, 2.05) is 5.38 Å². The van der Waals surface area contributed by atoms with Crippen molar-refractivity contribution in [3.05, 3.63) is 21.9 Å². The van der Waals surface area contributed by atoms with Crippen LogP contribution in [0.1, 0.15) is 18.1 Å². The SMILES string of the molecule is CC1Cc2cscc2C1(O)C(=O)O. The average Bonchev–Trinajstić information content (AvgIpc) is 2.57. The zero-order chi connectivity index (χ0) is 9.64. The molecular formula is C9H10O3S. The van der Waals surface area contributed by atoms with Crippen molar-refractivity contribution in [2.75, 3.05) is 0 Å². The van der Waals surface area contributed by atoms with Crippen molar-refractivity contribution >= 4 is 17.3 Å². The molecule has 0 saturated carbocycles. The van der Waals surface area contributed by atoms with Gasteiger partial charge in [-0.15, -0.1) is 0 Å². The molecule has 4 heteroatoms. The number of thiophene rings is 1. The van der Waals surface area contributed by atoms with Crippen molar-refractivity contribution in [2.45, 2.75) is 18.9 Å². The maximum Gasteiger partial charge on any atom is 0.340 e. The molecule has 2 N–H and O–H groups in total. The molecule has 1 aromatic rings. The van der Waals surface area contributed by atoms with Crippen LogP contribution in [0.2, 0.25) is 0 Å². The van der Waals surface area contributed by atoms with Crippen LogP contribution in [0.5, 0.6) is 0 Å². The molecule has 1 aliphatic carbocycles. The Morgan fingerprint density at radius 1 is 1.69 bits per heavy atom. The Bertz CT molecular complexity index is 357. The molecule has 0 saturated heterocycles. The van der Waals surface area contributed by atoms with Crippen molar-refractivity contribution < 1.29 is 15.0 Å². The van der Waals surface area contributed by atoms with Gasteiger partial charge in [-0.3, -0.25) is 0 Å². The van der Waals surface area contributed by atoms with Crippen molar-refractivity contribution in [3.63, 3.8) is 0 Å². The maximum atomic E-state index is 10.9. The van der Waals surface area contributed by atoms with E-state index >= 15 is 0 Å². The van der Waals surface area contributed by atoms with Gasteiger partial charge in [-0.2, -0.15) is 11.3 Å². The van der Waals surface area contributed by atoms with Gasteiger partial charge in [-0.1, -0.05) is 6.92 Å². The second-order valence-corrected chi connectivity index (χ2v) is 4.23. The Balaban J connectivity index is 2.56. The fraction of sp³-hybridized carbons (Fsp3) is 0.444. The molecule has 3 nitrogen and oxygen atoms in total. The minimum Gasteiger partial charge on any atom is -0.479 e. The largest absolute Gasteiger partial charge is 0.479 e. The van der Waals surface area contributed by atoms with Gasteiger partial charge in [0.1, 0.15) is 0 Å². The number of fused-ring (bicyclic) bond motifs is 1. The number of carboxylic acids is 1. The number of aliphatic hydroxyl groups is 1. The lowest BCUT2D eigenvalue weighted by Gasteiger charge is -2.22. The van der Waals surface area contributed by atoms with E-state index in [1.165, 1.54) is 11.3 Å². The Labute approximate surface area is 79.6 Å². The first kappa shape index (κ1) is 8.72. The number of carboxylic acid groups (broad SMARTS) is 1. The van der Waals surface area contributed by atoms with E-state index < -0.39 is 11.6 Å². The second-order valence-electron chi connectivity index (χ2n) is 3.49. The fourth-order valence-electron chi connectivity index (χ4n) is 1.89. The van der Waals surface area contributed by atoms with E-state index in [2.05, 4.69) is 0 Å². The van der Waals surface area contributed by atoms with Crippen LogP contribution in [0.25, 0.3) is 0 Å². The molecule has 1 aliphatic rings. The van der Waals surface area contributed by atoms with Crippen LogP contribution in [-0.4, -0.2) is 16.2 Å². The molecule has 0 radical (unpaired) electrons. The molecule has 0 aromatic carbocycles. The highest BCUT2D eigenvalue weighted by atomic mass is 32.1. The van der Waals surface area contributed by atoms with Gasteiger partial charge in [0.2, 0.25) is 0 Å². The van der Waals surface area contributed by atoms with Gasteiger partial charge in [-0.25, -0.2) is 4.79 Å². The molecule has 0 amide bonds. The summed E-state index contributed by atoms with van der Waals surface area (Å²) in [6.07, 6.45) is 0.654. The quantitative estimate of drug-likeness (QED) is 0.713. The van der Waals surface area contributed by atoms with E-state index in [-0.39, 0.29) is 5.92 Å². The summed E-state index contributed by atoms with van der Waals surface area (Å²) in [5.74, 6) is -1.37. The molecule has 13 heavy (non-hydrogen) atoms. The minimum atomic E-state index is -1.66. The van der Waals surface area contributed by atoms with Gasteiger partial charge in [0.15, 0.2) is 5.60 Å². The summed E-state index contributed by atoms with van der Waals surface area (Å²) in [4.78, 5) is 10.9. The lowest BCUT2D eigenvalue weighted by Crippen LogP contribution is -2.38. The van der Waals surface area contributed by atoms with Crippen LogP contribution in [0, 0.1) is 5.92 Å². The van der Waals surface area contributed by atoms with Crippen LogP contribution in [0.15, 0.2) is 10.8 Å². The van der Waals surface area contributed by atoms with Crippen molar-refractivity contribution in [3.8, 4) is 0 Å². The van der Waals surface area contributed by atoms with E-state index in [4.69, 9.17) is 5.11 Å². The molecule has 0 bridgehead atoms.